The molecule has 3 atom stereocenters. The van der Waals surface area contributed by atoms with Gasteiger partial charge in [-0.2, -0.15) is 0 Å². The highest BCUT2D eigenvalue weighted by molar-refractivity contribution is 5.99. The number of rotatable bonds is 5. The Labute approximate surface area is 164 Å². The number of hydrogen-bond donors (Lipinski definition) is 2. The average molecular weight is 379 g/mol. The van der Waals surface area contributed by atoms with E-state index in [-0.39, 0.29) is 29.7 Å². The molecule has 2 amide bonds. The molecule has 1 aromatic carbocycles. The monoisotopic (exact) mass is 379 g/mol. The van der Waals surface area contributed by atoms with Crippen LogP contribution in [0.25, 0.3) is 0 Å². The number of anilines is 2. The molecule has 2 saturated heterocycles. The Bertz CT molecular complexity index is 829. The Morgan fingerprint density at radius 1 is 1.21 bits per heavy atom. The molecule has 2 N–H and O–H groups in total. The Morgan fingerprint density at radius 2 is 2.04 bits per heavy atom. The average Bonchev–Trinajstić information content (AvgIpc) is 3.06. The van der Waals surface area contributed by atoms with Crippen LogP contribution in [-0.4, -0.2) is 47.4 Å². The van der Waals surface area contributed by atoms with E-state index in [0.717, 1.165) is 18.7 Å². The van der Waals surface area contributed by atoms with Gasteiger partial charge >= 0.3 is 0 Å². The lowest BCUT2D eigenvalue weighted by Crippen LogP contribution is -2.56. The summed E-state index contributed by atoms with van der Waals surface area (Å²) in [5, 5.41) is 4.56. The standard InChI is InChI=1S/C21H25N5O2/c1-2-11-25-13-17(20(27)23-15-7-6-10-22-12-15)19-18(14-25)21(28)26(24-19)16-8-4-3-5-9-16/h3-10,12,17-19,24H,2,11,13-14H2,1H3,(H,23,27). The lowest BCUT2D eigenvalue weighted by molar-refractivity contribution is -0.126. The zero-order valence-electron chi connectivity index (χ0n) is 15.9. The molecule has 2 aliphatic heterocycles. The summed E-state index contributed by atoms with van der Waals surface area (Å²) in [4.78, 5) is 32.5. The van der Waals surface area contributed by atoms with Gasteiger partial charge in [0.2, 0.25) is 11.8 Å². The van der Waals surface area contributed by atoms with E-state index in [2.05, 4.69) is 27.6 Å². The van der Waals surface area contributed by atoms with Gasteiger partial charge in [-0.3, -0.25) is 14.6 Å². The summed E-state index contributed by atoms with van der Waals surface area (Å²) < 4.78 is 0. The second-order valence-electron chi connectivity index (χ2n) is 7.37. The van der Waals surface area contributed by atoms with Crippen LogP contribution < -0.4 is 15.8 Å². The number of carbonyl (C=O) groups excluding carboxylic acids is 2. The Hall–Kier alpha value is -2.77. The van der Waals surface area contributed by atoms with Gasteiger partial charge in [0, 0.05) is 19.3 Å². The van der Waals surface area contributed by atoms with Crippen molar-refractivity contribution in [1.29, 1.82) is 0 Å². The lowest BCUT2D eigenvalue weighted by atomic mass is 9.84. The minimum absolute atomic E-state index is 0.0242. The maximum atomic E-state index is 13.1. The number of nitrogens with zero attached hydrogens (tertiary/aromatic N) is 3. The van der Waals surface area contributed by atoms with Crippen LogP contribution >= 0.6 is 0 Å². The van der Waals surface area contributed by atoms with Gasteiger partial charge in [0.25, 0.3) is 0 Å². The van der Waals surface area contributed by atoms with Crippen LogP contribution in [0, 0.1) is 11.8 Å². The fourth-order valence-electron chi connectivity index (χ4n) is 4.12. The van der Waals surface area contributed by atoms with Crippen LogP contribution in [-0.2, 0) is 9.59 Å². The third kappa shape index (κ3) is 3.63. The molecule has 0 spiro atoms. The largest absolute Gasteiger partial charge is 0.324 e. The summed E-state index contributed by atoms with van der Waals surface area (Å²) in [6, 6.07) is 12.9. The molecule has 4 rings (SSSR count). The first kappa shape index (κ1) is 18.6. The third-order valence-corrected chi connectivity index (χ3v) is 5.41. The second-order valence-corrected chi connectivity index (χ2v) is 7.37. The van der Waals surface area contributed by atoms with E-state index >= 15 is 0 Å². The molecule has 7 heteroatoms. The summed E-state index contributed by atoms with van der Waals surface area (Å²) in [6.45, 7) is 4.29. The van der Waals surface area contributed by atoms with Gasteiger partial charge in [-0.25, -0.2) is 10.4 Å². The summed E-state index contributed by atoms with van der Waals surface area (Å²) >= 11 is 0. The van der Waals surface area contributed by atoms with Crippen LogP contribution in [0.3, 0.4) is 0 Å². The number of piperidine rings is 1. The number of para-hydroxylation sites is 1. The highest BCUT2D eigenvalue weighted by Crippen LogP contribution is 2.32. The summed E-state index contributed by atoms with van der Waals surface area (Å²) in [7, 11) is 0. The molecule has 0 aliphatic carbocycles. The van der Waals surface area contributed by atoms with Crippen molar-refractivity contribution < 1.29 is 9.59 Å². The van der Waals surface area contributed by atoms with Crippen molar-refractivity contribution in [2.75, 3.05) is 30.0 Å². The minimum atomic E-state index is -0.330. The third-order valence-electron chi connectivity index (χ3n) is 5.41. The number of carbonyl (C=O) groups is 2. The number of nitrogens with one attached hydrogen (secondary N) is 2. The number of hydrogen-bond acceptors (Lipinski definition) is 5. The molecule has 2 aromatic rings. The maximum absolute atomic E-state index is 13.1. The predicted octanol–water partition coefficient (Wildman–Crippen LogP) is 1.90. The van der Waals surface area contributed by atoms with Crippen molar-refractivity contribution in [3.8, 4) is 0 Å². The molecule has 3 heterocycles. The number of fused-ring (bicyclic) bond motifs is 1. The molecular formula is C21H25N5O2. The molecule has 28 heavy (non-hydrogen) atoms. The number of amides is 2. The number of hydrazine groups is 1. The van der Waals surface area contributed by atoms with Crippen molar-refractivity contribution >= 4 is 23.2 Å². The zero-order chi connectivity index (χ0) is 19.5. The van der Waals surface area contributed by atoms with Crippen LogP contribution in [0.4, 0.5) is 11.4 Å². The van der Waals surface area contributed by atoms with Crippen molar-refractivity contribution in [1.82, 2.24) is 15.3 Å². The first-order valence-electron chi connectivity index (χ1n) is 9.76. The van der Waals surface area contributed by atoms with E-state index in [9.17, 15) is 9.59 Å². The van der Waals surface area contributed by atoms with Crippen molar-refractivity contribution in [3.05, 3.63) is 54.9 Å². The van der Waals surface area contributed by atoms with Gasteiger partial charge < -0.3 is 10.2 Å². The Morgan fingerprint density at radius 3 is 2.75 bits per heavy atom. The predicted molar refractivity (Wildman–Crippen MR) is 107 cm³/mol. The number of likely N-dealkylation sites (tertiary alicyclic amines) is 1. The highest BCUT2D eigenvalue weighted by Gasteiger charge is 2.50. The lowest BCUT2D eigenvalue weighted by Gasteiger charge is -2.38. The van der Waals surface area contributed by atoms with Crippen LogP contribution in [0.2, 0.25) is 0 Å². The molecule has 0 saturated carbocycles. The van der Waals surface area contributed by atoms with Gasteiger partial charge in [-0.15, -0.1) is 0 Å². The fourth-order valence-corrected chi connectivity index (χ4v) is 4.12. The summed E-state index contributed by atoms with van der Waals surface area (Å²) in [5.74, 6) is -0.636. The van der Waals surface area contributed by atoms with Gasteiger partial charge in [-0.05, 0) is 37.2 Å². The molecule has 2 aliphatic rings. The normalized spacial score (nSPS) is 24.8. The molecule has 2 fully saturated rings. The van der Waals surface area contributed by atoms with Crippen LogP contribution in [0.5, 0.6) is 0 Å². The smallest absolute Gasteiger partial charge is 0.247 e. The topological polar surface area (TPSA) is 77.6 Å². The molecule has 1 aromatic heterocycles. The maximum Gasteiger partial charge on any atom is 0.247 e. The van der Waals surface area contributed by atoms with Crippen LogP contribution in [0.15, 0.2) is 54.9 Å². The summed E-state index contributed by atoms with van der Waals surface area (Å²) in [5.41, 5.74) is 4.79. The summed E-state index contributed by atoms with van der Waals surface area (Å²) in [6.07, 6.45) is 4.29. The molecule has 0 radical (unpaired) electrons. The molecular weight excluding hydrogens is 354 g/mol. The highest BCUT2D eigenvalue weighted by atomic mass is 16.2. The van der Waals surface area contributed by atoms with E-state index in [0.29, 0.717) is 18.8 Å². The van der Waals surface area contributed by atoms with Gasteiger partial charge in [0.05, 0.1) is 35.4 Å². The van der Waals surface area contributed by atoms with E-state index in [1.807, 2.05) is 36.4 Å². The molecule has 3 unspecified atom stereocenters. The number of aromatic nitrogens is 1. The van der Waals surface area contributed by atoms with E-state index in [1.54, 1.807) is 23.5 Å². The Balaban J connectivity index is 1.58. The van der Waals surface area contributed by atoms with E-state index in [4.69, 9.17) is 0 Å². The zero-order valence-corrected chi connectivity index (χ0v) is 15.9. The van der Waals surface area contributed by atoms with Crippen molar-refractivity contribution in [3.63, 3.8) is 0 Å². The van der Waals surface area contributed by atoms with Gasteiger partial charge in [0.1, 0.15) is 0 Å². The van der Waals surface area contributed by atoms with Crippen LogP contribution in [0.1, 0.15) is 13.3 Å². The second kappa shape index (κ2) is 8.08. The van der Waals surface area contributed by atoms with Gasteiger partial charge in [-0.1, -0.05) is 25.1 Å². The quantitative estimate of drug-likeness (QED) is 0.830. The van der Waals surface area contributed by atoms with E-state index < -0.39 is 0 Å². The van der Waals surface area contributed by atoms with Crippen molar-refractivity contribution in [2.45, 2.75) is 19.4 Å². The molecule has 0 bridgehead atoms. The molecule has 7 nitrogen and oxygen atoms in total. The fraction of sp³-hybridized carbons (Fsp3) is 0.381. The number of benzene rings is 1. The first-order valence-corrected chi connectivity index (χ1v) is 9.76. The van der Waals surface area contributed by atoms with Crippen molar-refractivity contribution in [2.24, 2.45) is 11.8 Å². The SMILES string of the molecule is CCCN1CC(C(=O)Nc2cccnc2)C2NN(c3ccccc3)C(=O)C2C1. The minimum Gasteiger partial charge on any atom is -0.324 e. The van der Waals surface area contributed by atoms with Gasteiger partial charge in [0.15, 0.2) is 0 Å². The first-order chi connectivity index (χ1) is 13.7. The van der Waals surface area contributed by atoms with E-state index in [1.165, 1.54) is 0 Å². The Kier molecular flexibility index (Phi) is 5.36. The number of pyridine rings is 1. The molecule has 146 valence electrons.